The van der Waals surface area contributed by atoms with E-state index in [9.17, 15) is 8.42 Å². The molecule has 0 amide bonds. The quantitative estimate of drug-likeness (QED) is 0.766. The zero-order chi connectivity index (χ0) is 14.2. The minimum Gasteiger partial charge on any atom is -0.447 e. The number of nitrogens with one attached hydrogen (secondary N) is 2. The molecule has 0 aliphatic heterocycles. The Morgan fingerprint density at radius 1 is 1.25 bits per heavy atom. The molecule has 2 N–H and O–H groups in total. The number of hydrogen-bond acceptors (Lipinski definition) is 4. The third kappa shape index (κ3) is 3.24. The Labute approximate surface area is 120 Å². The normalized spacial score (nSPS) is 19.7. The highest BCUT2D eigenvalue weighted by Crippen LogP contribution is 2.48. The van der Waals surface area contributed by atoms with Gasteiger partial charge in [0, 0.05) is 0 Å². The molecule has 3 rings (SSSR count). The van der Waals surface area contributed by atoms with Gasteiger partial charge in [0.25, 0.3) is 10.0 Å². The van der Waals surface area contributed by atoms with Gasteiger partial charge >= 0.3 is 0 Å². The molecule has 5 nitrogen and oxygen atoms in total. The highest BCUT2D eigenvalue weighted by atomic mass is 32.2. The van der Waals surface area contributed by atoms with Gasteiger partial charge in [-0.05, 0) is 69.2 Å². The van der Waals surface area contributed by atoms with Crippen LogP contribution in [0.25, 0.3) is 0 Å². The predicted molar refractivity (Wildman–Crippen MR) is 75.6 cm³/mol. The van der Waals surface area contributed by atoms with Gasteiger partial charge in [0.2, 0.25) is 5.09 Å². The Balaban J connectivity index is 1.51. The first kappa shape index (κ1) is 14.1. The molecule has 0 bridgehead atoms. The van der Waals surface area contributed by atoms with Crippen molar-refractivity contribution in [3.63, 3.8) is 0 Å². The average molecular weight is 298 g/mol. The maximum atomic E-state index is 11.6. The van der Waals surface area contributed by atoms with E-state index in [2.05, 4.69) is 10.0 Å². The number of furan rings is 1. The lowest BCUT2D eigenvalue weighted by Crippen LogP contribution is -2.25. The summed E-state index contributed by atoms with van der Waals surface area (Å²) in [5, 5.41) is 3.40. The molecule has 0 unspecified atom stereocenters. The van der Waals surface area contributed by atoms with Crippen LogP contribution in [0, 0.1) is 17.8 Å². The number of hydrogen-bond donors (Lipinski definition) is 2. The van der Waals surface area contributed by atoms with Crippen LogP contribution in [0.3, 0.4) is 0 Å². The third-order valence-electron chi connectivity index (χ3n) is 4.30. The summed E-state index contributed by atoms with van der Waals surface area (Å²) in [4.78, 5) is 0. The summed E-state index contributed by atoms with van der Waals surface area (Å²) in [7, 11) is -2.09. The van der Waals surface area contributed by atoms with Crippen molar-refractivity contribution >= 4 is 10.0 Å². The maximum Gasteiger partial charge on any atom is 0.273 e. The van der Waals surface area contributed by atoms with Crippen molar-refractivity contribution in [2.75, 3.05) is 13.6 Å². The summed E-state index contributed by atoms with van der Waals surface area (Å²) in [6, 6.07) is 3.22. The SMILES string of the molecule is CNS(=O)(=O)c1ccc(CNCC(C2CC2)C2CC2)o1. The van der Waals surface area contributed by atoms with Gasteiger partial charge in [-0.25, -0.2) is 13.1 Å². The number of sulfonamides is 1. The van der Waals surface area contributed by atoms with Gasteiger partial charge in [-0.2, -0.15) is 0 Å². The fourth-order valence-corrected chi connectivity index (χ4v) is 3.49. The molecular weight excluding hydrogens is 276 g/mol. The molecule has 2 aliphatic rings. The lowest BCUT2D eigenvalue weighted by atomic mass is 9.98. The van der Waals surface area contributed by atoms with Gasteiger partial charge < -0.3 is 9.73 Å². The standard InChI is InChI=1S/C14H22N2O3S/c1-15-20(17,18)14-7-6-12(19-14)8-16-9-13(10-2-3-10)11-4-5-11/h6-7,10-11,13,15-16H,2-5,8-9H2,1H3. The maximum absolute atomic E-state index is 11.6. The molecule has 2 saturated carbocycles. The van der Waals surface area contributed by atoms with Crippen molar-refractivity contribution in [2.24, 2.45) is 17.8 Å². The van der Waals surface area contributed by atoms with E-state index < -0.39 is 10.0 Å². The van der Waals surface area contributed by atoms with Crippen molar-refractivity contribution in [3.8, 4) is 0 Å². The van der Waals surface area contributed by atoms with Gasteiger partial charge in [0.15, 0.2) is 0 Å². The van der Waals surface area contributed by atoms with E-state index in [1.165, 1.54) is 38.8 Å². The Bertz CT molecular complexity index is 547. The molecule has 2 aliphatic carbocycles. The van der Waals surface area contributed by atoms with E-state index in [-0.39, 0.29) is 5.09 Å². The Morgan fingerprint density at radius 2 is 1.90 bits per heavy atom. The molecule has 112 valence electrons. The molecule has 0 radical (unpaired) electrons. The van der Waals surface area contributed by atoms with Crippen LogP contribution in [-0.4, -0.2) is 22.0 Å². The van der Waals surface area contributed by atoms with E-state index >= 15 is 0 Å². The molecule has 0 spiro atoms. The fraction of sp³-hybridized carbons (Fsp3) is 0.714. The lowest BCUT2D eigenvalue weighted by Gasteiger charge is -2.15. The van der Waals surface area contributed by atoms with Crippen LogP contribution in [0.2, 0.25) is 0 Å². The second-order valence-electron chi connectivity index (χ2n) is 5.90. The lowest BCUT2D eigenvalue weighted by molar-refractivity contribution is 0.355. The Morgan fingerprint density at radius 3 is 2.45 bits per heavy atom. The largest absolute Gasteiger partial charge is 0.447 e. The van der Waals surface area contributed by atoms with Gasteiger partial charge in [-0.15, -0.1) is 0 Å². The molecule has 0 saturated heterocycles. The summed E-state index contributed by atoms with van der Waals surface area (Å²) in [5.74, 6) is 3.33. The summed E-state index contributed by atoms with van der Waals surface area (Å²) < 4.78 is 30.7. The van der Waals surface area contributed by atoms with E-state index in [0.29, 0.717) is 12.3 Å². The topological polar surface area (TPSA) is 71.3 Å². The van der Waals surface area contributed by atoms with Gasteiger partial charge in [0.05, 0.1) is 6.54 Å². The molecule has 1 aromatic heterocycles. The highest BCUT2D eigenvalue weighted by molar-refractivity contribution is 7.89. The van der Waals surface area contributed by atoms with Gasteiger partial charge in [-0.3, -0.25) is 0 Å². The molecular formula is C14H22N2O3S. The first-order valence-corrected chi connectivity index (χ1v) is 8.81. The summed E-state index contributed by atoms with van der Waals surface area (Å²) in [6.07, 6.45) is 5.53. The van der Waals surface area contributed by atoms with Crippen LogP contribution in [0.1, 0.15) is 31.4 Å². The zero-order valence-electron chi connectivity index (χ0n) is 11.8. The molecule has 2 fully saturated rings. The van der Waals surface area contributed by atoms with Crippen LogP contribution < -0.4 is 10.0 Å². The molecule has 0 aromatic carbocycles. The smallest absolute Gasteiger partial charge is 0.273 e. The summed E-state index contributed by atoms with van der Waals surface area (Å²) in [6.45, 7) is 1.61. The van der Waals surface area contributed by atoms with Gasteiger partial charge in [-0.1, -0.05) is 0 Å². The molecule has 20 heavy (non-hydrogen) atoms. The fourth-order valence-electron chi connectivity index (χ4n) is 2.83. The minimum absolute atomic E-state index is 0.0160. The van der Waals surface area contributed by atoms with E-state index in [0.717, 1.165) is 24.3 Å². The predicted octanol–water partition coefficient (Wildman–Crippen LogP) is 1.71. The van der Waals surface area contributed by atoms with Crippen molar-refractivity contribution in [2.45, 2.75) is 37.3 Å². The van der Waals surface area contributed by atoms with Crippen molar-refractivity contribution in [1.82, 2.24) is 10.0 Å². The van der Waals surface area contributed by atoms with Crippen LogP contribution >= 0.6 is 0 Å². The van der Waals surface area contributed by atoms with Crippen molar-refractivity contribution < 1.29 is 12.8 Å². The van der Waals surface area contributed by atoms with Crippen LogP contribution in [0.15, 0.2) is 21.6 Å². The minimum atomic E-state index is -3.47. The molecule has 1 aromatic rings. The van der Waals surface area contributed by atoms with E-state index in [1.54, 1.807) is 6.07 Å². The van der Waals surface area contributed by atoms with Crippen LogP contribution in [0.4, 0.5) is 0 Å². The summed E-state index contributed by atoms with van der Waals surface area (Å²) >= 11 is 0. The van der Waals surface area contributed by atoms with E-state index in [4.69, 9.17) is 4.42 Å². The van der Waals surface area contributed by atoms with E-state index in [1.807, 2.05) is 0 Å². The highest BCUT2D eigenvalue weighted by Gasteiger charge is 2.40. The second kappa shape index (κ2) is 5.50. The molecule has 1 heterocycles. The van der Waals surface area contributed by atoms with Crippen molar-refractivity contribution in [3.05, 3.63) is 17.9 Å². The first-order valence-electron chi connectivity index (χ1n) is 7.33. The molecule has 0 atom stereocenters. The first-order chi connectivity index (χ1) is 9.60. The summed E-state index contributed by atoms with van der Waals surface area (Å²) in [5.41, 5.74) is 0. The van der Waals surface area contributed by atoms with Crippen LogP contribution in [-0.2, 0) is 16.6 Å². The zero-order valence-corrected chi connectivity index (χ0v) is 12.6. The second-order valence-corrected chi connectivity index (χ2v) is 7.72. The third-order valence-corrected chi connectivity index (χ3v) is 5.59. The average Bonchev–Trinajstić information content (AvgIpc) is 3.35. The molecule has 6 heteroatoms. The van der Waals surface area contributed by atoms with Crippen molar-refractivity contribution in [1.29, 1.82) is 0 Å². The number of rotatable bonds is 8. The Hall–Kier alpha value is -0.850. The Kier molecular flexibility index (Phi) is 3.88. The monoisotopic (exact) mass is 298 g/mol. The van der Waals surface area contributed by atoms with Crippen LogP contribution in [0.5, 0.6) is 0 Å². The van der Waals surface area contributed by atoms with Gasteiger partial charge in [0.1, 0.15) is 5.76 Å².